The average Bonchev–Trinajstić information content (AvgIpc) is 2.72. The standard InChI is InChI=1S/C21H19ClN2O3/c1-26-17-7-3-14(4-8-17)20(15-5-9-18(27-2)10-6-15)24-21(25)16-11-12-23-19(22)13-16/h3-13,20H,1-2H3,(H,24,25). The van der Waals surface area contributed by atoms with E-state index < -0.39 is 0 Å². The van der Waals surface area contributed by atoms with Crippen molar-refractivity contribution in [2.45, 2.75) is 6.04 Å². The van der Waals surface area contributed by atoms with Crippen molar-refractivity contribution >= 4 is 17.5 Å². The largest absolute Gasteiger partial charge is 0.497 e. The van der Waals surface area contributed by atoms with Crippen LogP contribution in [-0.2, 0) is 0 Å². The maximum atomic E-state index is 12.8. The van der Waals surface area contributed by atoms with Crippen LogP contribution in [0, 0.1) is 0 Å². The zero-order valence-electron chi connectivity index (χ0n) is 15.0. The fourth-order valence-electron chi connectivity index (χ4n) is 2.71. The van der Waals surface area contributed by atoms with Crippen molar-refractivity contribution in [3.63, 3.8) is 0 Å². The average molecular weight is 383 g/mol. The number of nitrogens with one attached hydrogen (secondary N) is 1. The van der Waals surface area contributed by atoms with Crippen LogP contribution in [0.2, 0.25) is 5.15 Å². The third kappa shape index (κ3) is 4.57. The molecule has 0 saturated carbocycles. The number of methoxy groups -OCH3 is 2. The smallest absolute Gasteiger partial charge is 0.252 e. The van der Waals surface area contributed by atoms with Crippen LogP contribution in [0.25, 0.3) is 0 Å². The maximum Gasteiger partial charge on any atom is 0.252 e. The van der Waals surface area contributed by atoms with Crippen LogP contribution in [0.1, 0.15) is 27.5 Å². The summed E-state index contributed by atoms with van der Waals surface area (Å²) in [6.07, 6.45) is 1.51. The highest BCUT2D eigenvalue weighted by Crippen LogP contribution is 2.26. The van der Waals surface area contributed by atoms with E-state index in [1.165, 1.54) is 12.3 Å². The predicted molar refractivity (Wildman–Crippen MR) is 105 cm³/mol. The van der Waals surface area contributed by atoms with Crippen LogP contribution >= 0.6 is 11.6 Å². The van der Waals surface area contributed by atoms with Gasteiger partial charge in [-0.05, 0) is 47.5 Å². The first-order valence-electron chi connectivity index (χ1n) is 8.31. The minimum atomic E-state index is -0.346. The van der Waals surface area contributed by atoms with Gasteiger partial charge in [-0.15, -0.1) is 0 Å². The molecule has 0 unspecified atom stereocenters. The number of ether oxygens (including phenoxy) is 2. The number of hydrogen-bond acceptors (Lipinski definition) is 4. The summed E-state index contributed by atoms with van der Waals surface area (Å²) >= 11 is 5.91. The molecule has 0 aliphatic rings. The summed E-state index contributed by atoms with van der Waals surface area (Å²) in [4.78, 5) is 16.7. The molecule has 0 radical (unpaired) electrons. The molecule has 0 aliphatic heterocycles. The summed E-state index contributed by atoms with van der Waals surface area (Å²) in [7, 11) is 3.23. The number of carbonyl (C=O) groups is 1. The highest BCUT2D eigenvalue weighted by molar-refractivity contribution is 6.29. The molecular weight excluding hydrogens is 364 g/mol. The zero-order valence-corrected chi connectivity index (χ0v) is 15.7. The normalized spacial score (nSPS) is 10.5. The summed E-state index contributed by atoms with van der Waals surface area (Å²) < 4.78 is 10.4. The molecule has 5 nitrogen and oxygen atoms in total. The van der Waals surface area contributed by atoms with Gasteiger partial charge in [-0.1, -0.05) is 35.9 Å². The molecule has 2 aromatic carbocycles. The van der Waals surface area contributed by atoms with Gasteiger partial charge in [0.2, 0.25) is 0 Å². The number of benzene rings is 2. The van der Waals surface area contributed by atoms with E-state index in [4.69, 9.17) is 21.1 Å². The summed E-state index contributed by atoms with van der Waals surface area (Å²) in [5.74, 6) is 1.26. The Morgan fingerprint density at radius 2 is 1.44 bits per heavy atom. The molecule has 0 fully saturated rings. The highest BCUT2D eigenvalue weighted by Gasteiger charge is 2.18. The van der Waals surface area contributed by atoms with Crippen LogP contribution in [0.5, 0.6) is 11.5 Å². The fraction of sp³-hybridized carbons (Fsp3) is 0.143. The molecule has 1 amide bonds. The summed E-state index contributed by atoms with van der Waals surface area (Å²) in [5, 5.41) is 3.33. The summed E-state index contributed by atoms with van der Waals surface area (Å²) in [6.45, 7) is 0. The van der Waals surface area contributed by atoms with E-state index in [2.05, 4.69) is 10.3 Å². The van der Waals surface area contributed by atoms with Crippen molar-refractivity contribution in [2.75, 3.05) is 14.2 Å². The van der Waals surface area contributed by atoms with Crippen molar-refractivity contribution in [2.24, 2.45) is 0 Å². The topological polar surface area (TPSA) is 60.5 Å². The molecule has 138 valence electrons. The van der Waals surface area contributed by atoms with Crippen molar-refractivity contribution in [1.82, 2.24) is 10.3 Å². The van der Waals surface area contributed by atoms with Crippen LogP contribution in [0.15, 0.2) is 66.9 Å². The second-order valence-electron chi connectivity index (χ2n) is 5.82. The maximum absolute atomic E-state index is 12.8. The van der Waals surface area contributed by atoms with Gasteiger partial charge in [-0.3, -0.25) is 4.79 Å². The Bertz CT molecular complexity index is 864. The Morgan fingerprint density at radius 3 is 1.89 bits per heavy atom. The second kappa shape index (κ2) is 8.56. The molecular formula is C21H19ClN2O3. The van der Waals surface area contributed by atoms with Crippen molar-refractivity contribution < 1.29 is 14.3 Å². The van der Waals surface area contributed by atoms with Crippen LogP contribution in [0.3, 0.4) is 0 Å². The first kappa shape index (κ1) is 18.7. The van der Waals surface area contributed by atoms with E-state index in [-0.39, 0.29) is 17.1 Å². The van der Waals surface area contributed by atoms with Gasteiger partial charge in [-0.2, -0.15) is 0 Å². The number of rotatable bonds is 6. The van der Waals surface area contributed by atoms with Gasteiger partial charge < -0.3 is 14.8 Å². The molecule has 0 saturated heterocycles. The van der Waals surface area contributed by atoms with E-state index >= 15 is 0 Å². The number of hydrogen-bond donors (Lipinski definition) is 1. The summed E-state index contributed by atoms with van der Waals surface area (Å²) in [5.41, 5.74) is 2.30. The third-order valence-electron chi connectivity index (χ3n) is 4.16. The van der Waals surface area contributed by atoms with E-state index in [0.29, 0.717) is 5.56 Å². The van der Waals surface area contributed by atoms with Crippen molar-refractivity contribution in [3.8, 4) is 11.5 Å². The first-order chi connectivity index (χ1) is 13.1. The number of carbonyl (C=O) groups excluding carboxylic acids is 1. The fourth-order valence-corrected chi connectivity index (χ4v) is 2.88. The number of pyridine rings is 1. The number of nitrogens with zero attached hydrogens (tertiary/aromatic N) is 1. The molecule has 0 bridgehead atoms. The molecule has 0 spiro atoms. The SMILES string of the molecule is COc1ccc(C(NC(=O)c2ccnc(Cl)c2)c2ccc(OC)cc2)cc1. The predicted octanol–water partition coefficient (Wildman–Crippen LogP) is 4.27. The number of aromatic nitrogens is 1. The lowest BCUT2D eigenvalue weighted by Crippen LogP contribution is -2.29. The molecule has 27 heavy (non-hydrogen) atoms. The van der Waals surface area contributed by atoms with Crippen LogP contribution in [0.4, 0.5) is 0 Å². The summed E-state index contributed by atoms with van der Waals surface area (Å²) in [6, 6.07) is 18.0. The Labute approximate surface area is 162 Å². The molecule has 0 atom stereocenters. The Morgan fingerprint density at radius 1 is 0.926 bits per heavy atom. The van der Waals surface area contributed by atoms with Gasteiger partial charge in [0.15, 0.2) is 0 Å². The van der Waals surface area contributed by atoms with Crippen LogP contribution in [-0.4, -0.2) is 25.1 Å². The Kier molecular flexibility index (Phi) is 5.94. The third-order valence-corrected chi connectivity index (χ3v) is 4.37. The molecule has 1 heterocycles. The molecule has 3 rings (SSSR count). The lowest BCUT2D eigenvalue weighted by Gasteiger charge is -2.20. The van der Waals surface area contributed by atoms with Crippen LogP contribution < -0.4 is 14.8 Å². The lowest BCUT2D eigenvalue weighted by molar-refractivity contribution is 0.0943. The molecule has 0 aliphatic carbocycles. The lowest BCUT2D eigenvalue weighted by atomic mass is 9.98. The van der Waals surface area contributed by atoms with Crippen molar-refractivity contribution in [1.29, 1.82) is 0 Å². The number of halogens is 1. The van der Waals surface area contributed by atoms with Crippen molar-refractivity contribution in [3.05, 3.63) is 88.7 Å². The Hall–Kier alpha value is -3.05. The van der Waals surface area contributed by atoms with E-state index in [1.54, 1.807) is 20.3 Å². The zero-order chi connectivity index (χ0) is 19.2. The van der Waals surface area contributed by atoms with E-state index in [9.17, 15) is 4.79 Å². The second-order valence-corrected chi connectivity index (χ2v) is 6.21. The Balaban J connectivity index is 1.94. The molecule has 1 aromatic heterocycles. The van der Waals surface area contributed by atoms with Gasteiger partial charge in [0.25, 0.3) is 5.91 Å². The quantitative estimate of drug-likeness (QED) is 0.647. The van der Waals surface area contributed by atoms with Gasteiger partial charge >= 0.3 is 0 Å². The monoisotopic (exact) mass is 382 g/mol. The molecule has 6 heteroatoms. The minimum absolute atomic E-state index is 0.240. The van der Waals surface area contributed by atoms with Gasteiger partial charge in [-0.25, -0.2) is 4.98 Å². The molecule has 1 N–H and O–H groups in total. The first-order valence-corrected chi connectivity index (χ1v) is 8.69. The highest BCUT2D eigenvalue weighted by atomic mass is 35.5. The van der Waals surface area contributed by atoms with Gasteiger partial charge in [0.1, 0.15) is 16.7 Å². The van der Waals surface area contributed by atoms with Gasteiger partial charge in [0.05, 0.1) is 20.3 Å². The molecule has 3 aromatic rings. The van der Waals surface area contributed by atoms with E-state index in [0.717, 1.165) is 22.6 Å². The number of amides is 1. The van der Waals surface area contributed by atoms with Gasteiger partial charge in [0, 0.05) is 11.8 Å². The minimum Gasteiger partial charge on any atom is -0.497 e. The van der Waals surface area contributed by atoms with E-state index in [1.807, 2.05) is 48.5 Å².